The van der Waals surface area contributed by atoms with Crippen LogP contribution in [0.2, 0.25) is 0 Å². The van der Waals surface area contributed by atoms with Crippen molar-refractivity contribution in [3.8, 4) is 6.07 Å². The van der Waals surface area contributed by atoms with Gasteiger partial charge in [-0.25, -0.2) is 4.68 Å². The summed E-state index contributed by atoms with van der Waals surface area (Å²) in [5.41, 5.74) is 5.39. The number of nitrogens with zero attached hydrogens (tertiary/aromatic N) is 4. The van der Waals surface area contributed by atoms with E-state index in [1.807, 2.05) is 12.3 Å². The van der Waals surface area contributed by atoms with Crippen LogP contribution in [0.3, 0.4) is 0 Å². The molecule has 0 unspecified atom stereocenters. The van der Waals surface area contributed by atoms with E-state index in [9.17, 15) is 0 Å². The molecule has 1 rings (SSSR count). The Labute approximate surface area is 74.6 Å². The van der Waals surface area contributed by atoms with Crippen LogP contribution >= 0.6 is 11.8 Å². The summed E-state index contributed by atoms with van der Waals surface area (Å²) in [4.78, 5) is 3.97. The minimum atomic E-state index is 0.261. The van der Waals surface area contributed by atoms with Gasteiger partial charge in [0.05, 0.1) is 19.0 Å². The van der Waals surface area contributed by atoms with Crippen LogP contribution in [-0.4, -0.2) is 21.0 Å². The van der Waals surface area contributed by atoms with Gasteiger partial charge >= 0.3 is 0 Å². The van der Waals surface area contributed by atoms with Gasteiger partial charge in [0.25, 0.3) is 0 Å². The second-order valence-electron chi connectivity index (χ2n) is 2.09. The molecule has 0 aliphatic rings. The fourth-order valence-electron chi connectivity index (χ4n) is 0.797. The van der Waals surface area contributed by atoms with Crippen molar-refractivity contribution in [2.45, 2.75) is 18.1 Å². The van der Waals surface area contributed by atoms with Crippen molar-refractivity contribution in [3.05, 3.63) is 0 Å². The van der Waals surface area contributed by atoms with E-state index in [2.05, 4.69) is 10.1 Å². The number of rotatable bonds is 3. The van der Waals surface area contributed by atoms with Crippen molar-refractivity contribution in [2.24, 2.45) is 0 Å². The molecule has 64 valence electrons. The van der Waals surface area contributed by atoms with E-state index in [0.717, 1.165) is 5.16 Å². The molecule has 0 saturated carbocycles. The molecule has 5 nitrogen and oxygen atoms in total. The SMILES string of the molecule is CSc1nc(N)nn1CCC#N. The minimum Gasteiger partial charge on any atom is -0.366 e. The lowest BCUT2D eigenvalue weighted by atomic mass is 10.5. The molecule has 1 heterocycles. The van der Waals surface area contributed by atoms with Gasteiger partial charge in [-0.1, -0.05) is 11.8 Å². The average Bonchev–Trinajstić information content (AvgIpc) is 2.42. The summed E-state index contributed by atoms with van der Waals surface area (Å²) >= 11 is 1.47. The molecule has 0 radical (unpaired) electrons. The second kappa shape index (κ2) is 3.97. The Balaban J connectivity index is 2.76. The summed E-state index contributed by atoms with van der Waals surface area (Å²) in [7, 11) is 0. The summed E-state index contributed by atoms with van der Waals surface area (Å²) in [6.07, 6.45) is 2.32. The number of nitriles is 1. The second-order valence-corrected chi connectivity index (χ2v) is 2.86. The highest BCUT2D eigenvalue weighted by molar-refractivity contribution is 7.98. The standard InChI is InChI=1S/C6H9N5S/c1-12-6-9-5(8)10-11(6)4-2-3-7/h2,4H2,1H3,(H2,8,10). The van der Waals surface area contributed by atoms with E-state index in [0.29, 0.717) is 13.0 Å². The molecule has 0 aliphatic carbocycles. The maximum Gasteiger partial charge on any atom is 0.240 e. The van der Waals surface area contributed by atoms with Crippen molar-refractivity contribution < 1.29 is 0 Å². The van der Waals surface area contributed by atoms with E-state index in [1.54, 1.807) is 4.68 Å². The molecule has 0 aliphatic heterocycles. The number of anilines is 1. The Hall–Kier alpha value is -1.22. The van der Waals surface area contributed by atoms with Gasteiger partial charge in [0, 0.05) is 0 Å². The summed E-state index contributed by atoms with van der Waals surface area (Å²) in [6, 6.07) is 2.04. The van der Waals surface area contributed by atoms with Crippen LogP contribution in [0.1, 0.15) is 6.42 Å². The van der Waals surface area contributed by atoms with Crippen LogP contribution in [0.25, 0.3) is 0 Å². The summed E-state index contributed by atoms with van der Waals surface area (Å²) in [6.45, 7) is 0.552. The Kier molecular flexibility index (Phi) is 2.94. The minimum absolute atomic E-state index is 0.261. The molecule has 12 heavy (non-hydrogen) atoms. The number of hydrogen-bond donors (Lipinski definition) is 1. The smallest absolute Gasteiger partial charge is 0.240 e. The van der Waals surface area contributed by atoms with Gasteiger partial charge in [-0.15, -0.1) is 5.10 Å². The fourth-order valence-corrected chi connectivity index (χ4v) is 1.32. The van der Waals surface area contributed by atoms with Crippen LogP contribution in [0, 0.1) is 11.3 Å². The van der Waals surface area contributed by atoms with Gasteiger partial charge in [-0.05, 0) is 6.26 Å². The van der Waals surface area contributed by atoms with Crippen LogP contribution in [0.5, 0.6) is 0 Å². The van der Waals surface area contributed by atoms with Gasteiger partial charge in [-0.3, -0.25) is 0 Å². The van der Waals surface area contributed by atoms with E-state index in [4.69, 9.17) is 11.0 Å². The van der Waals surface area contributed by atoms with Gasteiger partial charge in [0.2, 0.25) is 5.95 Å². The molecule has 2 N–H and O–H groups in total. The first-order valence-corrected chi connectivity index (χ1v) is 4.61. The van der Waals surface area contributed by atoms with E-state index in [-0.39, 0.29) is 5.95 Å². The van der Waals surface area contributed by atoms with Gasteiger partial charge in [0.1, 0.15) is 0 Å². The molecule has 0 bridgehead atoms. The zero-order chi connectivity index (χ0) is 8.97. The Morgan fingerprint density at radius 2 is 2.50 bits per heavy atom. The molecule has 0 amide bonds. The Morgan fingerprint density at radius 1 is 1.75 bits per heavy atom. The number of aryl methyl sites for hydroxylation is 1. The molecule has 1 aromatic rings. The van der Waals surface area contributed by atoms with Crippen LogP contribution < -0.4 is 5.73 Å². The zero-order valence-corrected chi connectivity index (χ0v) is 7.51. The lowest BCUT2D eigenvalue weighted by molar-refractivity contribution is 0.571. The number of hydrogen-bond acceptors (Lipinski definition) is 5. The first kappa shape index (κ1) is 8.87. The molecule has 0 fully saturated rings. The third-order valence-corrected chi connectivity index (χ3v) is 1.94. The van der Waals surface area contributed by atoms with Crippen molar-refractivity contribution in [3.63, 3.8) is 0 Å². The predicted molar refractivity (Wildman–Crippen MR) is 46.4 cm³/mol. The van der Waals surface area contributed by atoms with E-state index in [1.165, 1.54) is 11.8 Å². The topological polar surface area (TPSA) is 80.5 Å². The summed E-state index contributed by atoms with van der Waals surface area (Å²) in [5.74, 6) is 0.261. The van der Waals surface area contributed by atoms with Crippen molar-refractivity contribution >= 4 is 17.7 Å². The third-order valence-electron chi connectivity index (χ3n) is 1.27. The normalized spacial score (nSPS) is 9.67. The van der Waals surface area contributed by atoms with Crippen LogP contribution in [-0.2, 0) is 6.54 Å². The number of nitrogen functional groups attached to an aromatic ring is 1. The van der Waals surface area contributed by atoms with Crippen LogP contribution in [0.15, 0.2) is 5.16 Å². The largest absolute Gasteiger partial charge is 0.366 e. The monoisotopic (exact) mass is 183 g/mol. The first-order chi connectivity index (χ1) is 5.77. The Bertz CT molecular complexity index is 299. The summed E-state index contributed by atoms with van der Waals surface area (Å²) in [5, 5.41) is 13.0. The lowest BCUT2D eigenvalue weighted by Gasteiger charge is -1.97. The number of nitrogens with two attached hydrogens (primary N) is 1. The van der Waals surface area contributed by atoms with E-state index < -0.39 is 0 Å². The highest BCUT2D eigenvalue weighted by atomic mass is 32.2. The van der Waals surface area contributed by atoms with Crippen molar-refractivity contribution in [2.75, 3.05) is 12.0 Å². The number of aromatic nitrogens is 3. The predicted octanol–water partition coefficient (Wildman–Crippen LogP) is 0.496. The third kappa shape index (κ3) is 1.89. The van der Waals surface area contributed by atoms with Crippen molar-refractivity contribution in [1.29, 1.82) is 5.26 Å². The number of thioether (sulfide) groups is 1. The molecular formula is C6H9N5S. The average molecular weight is 183 g/mol. The first-order valence-electron chi connectivity index (χ1n) is 3.39. The highest BCUT2D eigenvalue weighted by Gasteiger charge is 2.04. The van der Waals surface area contributed by atoms with Gasteiger partial charge < -0.3 is 5.73 Å². The molecule has 0 atom stereocenters. The summed E-state index contributed by atoms with van der Waals surface area (Å²) < 4.78 is 1.64. The molecule has 0 saturated heterocycles. The molecule has 0 aromatic carbocycles. The van der Waals surface area contributed by atoms with Crippen LogP contribution in [0.4, 0.5) is 5.95 Å². The van der Waals surface area contributed by atoms with Gasteiger partial charge in [0.15, 0.2) is 5.16 Å². The molecule has 6 heteroatoms. The zero-order valence-electron chi connectivity index (χ0n) is 6.69. The fraction of sp³-hybridized carbons (Fsp3) is 0.500. The lowest BCUT2D eigenvalue weighted by Crippen LogP contribution is -2.01. The molecular weight excluding hydrogens is 174 g/mol. The maximum absolute atomic E-state index is 8.35. The maximum atomic E-state index is 8.35. The Morgan fingerprint density at radius 3 is 3.08 bits per heavy atom. The van der Waals surface area contributed by atoms with Crippen molar-refractivity contribution in [1.82, 2.24) is 14.8 Å². The van der Waals surface area contributed by atoms with E-state index >= 15 is 0 Å². The van der Waals surface area contributed by atoms with Gasteiger partial charge in [-0.2, -0.15) is 10.2 Å². The quantitative estimate of drug-likeness (QED) is 0.690. The molecule has 0 spiro atoms. The highest BCUT2D eigenvalue weighted by Crippen LogP contribution is 2.12. The molecule has 1 aromatic heterocycles.